The SMILES string of the molecule is CC[C@@H]1CCCN1C(=O)/C=C/CNCCO. The molecule has 1 heterocycles. The van der Waals surface area contributed by atoms with Gasteiger partial charge in [-0.2, -0.15) is 0 Å². The molecule has 0 spiro atoms. The number of likely N-dealkylation sites (tertiary alicyclic amines) is 1. The van der Waals surface area contributed by atoms with Crippen LogP contribution >= 0.6 is 0 Å². The summed E-state index contributed by atoms with van der Waals surface area (Å²) < 4.78 is 0. The molecule has 1 saturated heterocycles. The number of nitrogens with one attached hydrogen (secondary N) is 1. The van der Waals surface area contributed by atoms with Crippen LogP contribution in [0.25, 0.3) is 0 Å². The van der Waals surface area contributed by atoms with Gasteiger partial charge in [0.2, 0.25) is 5.91 Å². The second kappa shape index (κ2) is 7.41. The van der Waals surface area contributed by atoms with Crippen molar-refractivity contribution in [3.63, 3.8) is 0 Å². The first-order chi connectivity index (χ1) is 7.79. The van der Waals surface area contributed by atoms with E-state index in [1.54, 1.807) is 6.08 Å². The summed E-state index contributed by atoms with van der Waals surface area (Å²) in [5, 5.41) is 11.6. The molecule has 4 heteroatoms. The summed E-state index contributed by atoms with van der Waals surface area (Å²) in [6.45, 7) is 4.36. The standard InChI is InChI=1S/C12H22N2O2/c1-2-11-5-4-9-14(11)12(16)6-3-7-13-8-10-15/h3,6,11,13,15H,2,4-5,7-10H2,1H3/b6-3+/t11-/m1/s1. The minimum absolute atomic E-state index is 0.121. The molecule has 1 amide bonds. The fraction of sp³-hybridized carbons (Fsp3) is 0.750. The molecule has 0 saturated carbocycles. The Morgan fingerprint density at radius 3 is 3.12 bits per heavy atom. The third-order valence-corrected chi connectivity index (χ3v) is 2.94. The predicted molar refractivity (Wildman–Crippen MR) is 64.1 cm³/mol. The van der Waals surface area contributed by atoms with Gasteiger partial charge in [-0.25, -0.2) is 0 Å². The molecule has 4 nitrogen and oxygen atoms in total. The molecule has 0 aliphatic carbocycles. The summed E-state index contributed by atoms with van der Waals surface area (Å²) in [6.07, 6.45) is 6.77. The van der Waals surface area contributed by atoms with Gasteiger partial charge in [-0.3, -0.25) is 4.79 Å². The minimum atomic E-state index is 0.121. The van der Waals surface area contributed by atoms with Crippen molar-refractivity contribution in [1.82, 2.24) is 10.2 Å². The van der Waals surface area contributed by atoms with Crippen LogP contribution in [-0.4, -0.2) is 48.2 Å². The Bertz CT molecular complexity index is 241. The monoisotopic (exact) mass is 226 g/mol. The lowest BCUT2D eigenvalue weighted by atomic mass is 10.2. The van der Waals surface area contributed by atoms with Crippen LogP contribution in [0.5, 0.6) is 0 Å². The molecule has 1 aliphatic rings. The van der Waals surface area contributed by atoms with E-state index in [4.69, 9.17) is 5.11 Å². The summed E-state index contributed by atoms with van der Waals surface area (Å²) in [7, 11) is 0. The molecule has 16 heavy (non-hydrogen) atoms. The molecule has 92 valence electrons. The van der Waals surface area contributed by atoms with Gasteiger partial charge in [0.05, 0.1) is 6.61 Å². The number of aliphatic hydroxyl groups is 1. The lowest BCUT2D eigenvalue weighted by Gasteiger charge is -2.21. The number of rotatable bonds is 6. The van der Waals surface area contributed by atoms with E-state index in [0.717, 1.165) is 25.8 Å². The molecular formula is C12H22N2O2. The summed E-state index contributed by atoms with van der Waals surface area (Å²) in [5.74, 6) is 0.121. The van der Waals surface area contributed by atoms with Crippen LogP contribution in [0, 0.1) is 0 Å². The second-order valence-electron chi connectivity index (χ2n) is 4.07. The second-order valence-corrected chi connectivity index (χ2v) is 4.07. The summed E-state index contributed by atoms with van der Waals surface area (Å²) in [6, 6.07) is 0.433. The van der Waals surface area contributed by atoms with Crippen molar-refractivity contribution in [2.24, 2.45) is 0 Å². The first-order valence-electron chi connectivity index (χ1n) is 6.08. The highest BCUT2D eigenvalue weighted by atomic mass is 16.3. The molecule has 0 aromatic carbocycles. The lowest BCUT2D eigenvalue weighted by molar-refractivity contribution is -0.126. The van der Waals surface area contributed by atoms with Gasteiger partial charge < -0.3 is 15.3 Å². The Labute approximate surface area is 97.3 Å². The average molecular weight is 226 g/mol. The van der Waals surface area contributed by atoms with Gasteiger partial charge in [0.1, 0.15) is 0 Å². The van der Waals surface area contributed by atoms with Gasteiger partial charge in [0.15, 0.2) is 0 Å². The highest BCUT2D eigenvalue weighted by Crippen LogP contribution is 2.19. The van der Waals surface area contributed by atoms with Crippen LogP contribution in [0.2, 0.25) is 0 Å². The van der Waals surface area contributed by atoms with E-state index in [1.165, 1.54) is 0 Å². The maximum Gasteiger partial charge on any atom is 0.246 e. The molecule has 1 atom stereocenters. The van der Waals surface area contributed by atoms with Gasteiger partial charge in [0.25, 0.3) is 0 Å². The van der Waals surface area contributed by atoms with Crippen LogP contribution in [-0.2, 0) is 4.79 Å². The maximum absolute atomic E-state index is 11.8. The van der Waals surface area contributed by atoms with E-state index in [1.807, 2.05) is 11.0 Å². The molecule has 0 unspecified atom stereocenters. The lowest BCUT2D eigenvalue weighted by Crippen LogP contribution is -2.33. The highest BCUT2D eigenvalue weighted by molar-refractivity contribution is 5.88. The molecule has 0 aromatic rings. The van der Waals surface area contributed by atoms with E-state index < -0.39 is 0 Å². The van der Waals surface area contributed by atoms with Gasteiger partial charge >= 0.3 is 0 Å². The van der Waals surface area contributed by atoms with Crippen LogP contribution in [0.15, 0.2) is 12.2 Å². The van der Waals surface area contributed by atoms with Crippen molar-refractivity contribution in [2.45, 2.75) is 32.2 Å². The number of carbonyl (C=O) groups is 1. The van der Waals surface area contributed by atoms with E-state index in [9.17, 15) is 4.79 Å². The number of nitrogens with zero attached hydrogens (tertiary/aromatic N) is 1. The molecule has 1 rings (SSSR count). The largest absolute Gasteiger partial charge is 0.395 e. The topological polar surface area (TPSA) is 52.6 Å². The third-order valence-electron chi connectivity index (χ3n) is 2.94. The smallest absolute Gasteiger partial charge is 0.246 e. The molecule has 1 fully saturated rings. The normalized spacial score (nSPS) is 20.9. The van der Waals surface area contributed by atoms with Crippen LogP contribution in [0.1, 0.15) is 26.2 Å². The number of carbonyl (C=O) groups excluding carboxylic acids is 1. The number of aliphatic hydroxyl groups excluding tert-OH is 1. The Balaban J connectivity index is 2.28. The van der Waals surface area contributed by atoms with E-state index in [-0.39, 0.29) is 12.5 Å². The predicted octanol–water partition coefficient (Wildman–Crippen LogP) is 0.526. The van der Waals surface area contributed by atoms with Crippen molar-refractivity contribution in [2.75, 3.05) is 26.2 Å². The maximum atomic E-state index is 11.8. The van der Waals surface area contributed by atoms with Crippen molar-refractivity contribution in [3.05, 3.63) is 12.2 Å². The van der Waals surface area contributed by atoms with E-state index >= 15 is 0 Å². The van der Waals surface area contributed by atoms with E-state index in [2.05, 4.69) is 12.2 Å². The Hall–Kier alpha value is -0.870. The highest BCUT2D eigenvalue weighted by Gasteiger charge is 2.25. The fourth-order valence-corrected chi connectivity index (χ4v) is 2.07. The third kappa shape index (κ3) is 3.94. The van der Waals surface area contributed by atoms with Crippen molar-refractivity contribution >= 4 is 5.91 Å². The number of hydrogen-bond acceptors (Lipinski definition) is 3. The average Bonchev–Trinajstić information content (AvgIpc) is 2.76. The molecule has 0 radical (unpaired) electrons. The Kier molecular flexibility index (Phi) is 6.11. The van der Waals surface area contributed by atoms with Crippen LogP contribution in [0.4, 0.5) is 0 Å². The zero-order valence-electron chi connectivity index (χ0n) is 9.98. The van der Waals surface area contributed by atoms with Gasteiger partial charge in [-0.15, -0.1) is 0 Å². The van der Waals surface area contributed by atoms with Crippen molar-refractivity contribution in [3.8, 4) is 0 Å². The van der Waals surface area contributed by atoms with Gasteiger partial charge in [-0.1, -0.05) is 13.0 Å². The van der Waals surface area contributed by atoms with Crippen molar-refractivity contribution in [1.29, 1.82) is 0 Å². The summed E-state index contributed by atoms with van der Waals surface area (Å²) in [4.78, 5) is 13.8. The first kappa shape index (κ1) is 13.2. The fourth-order valence-electron chi connectivity index (χ4n) is 2.07. The molecule has 0 bridgehead atoms. The zero-order chi connectivity index (χ0) is 11.8. The molecule has 0 aromatic heterocycles. The van der Waals surface area contributed by atoms with Crippen LogP contribution < -0.4 is 5.32 Å². The first-order valence-corrected chi connectivity index (χ1v) is 6.08. The molecule has 2 N–H and O–H groups in total. The summed E-state index contributed by atoms with van der Waals surface area (Å²) in [5.41, 5.74) is 0. The molecule has 1 aliphatic heterocycles. The van der Waals surface area contributed by atoms with Gasteiger partial charge in [-0.05, 0) is 19.3 Å². The quantitative estimate of drug-likeness (QED) is 0.513. The van der Waals surface area contributed by atoms with Gasteiger partial charge in [0, 0.05) is 31.8 Å². The summed E-state index contributed by atoms with van der Waals surface area (Å²) >= 11 is 0. The Morgan fingerprint density at radius 1 is 1.62 bits per heavy atom. The van der Waals surface area contributed by atoms with Crippen molar-refractivity contribution < 1.29 is 9.90 Å². The minimum Gasteiger partial charge on any atom is -0.395 e. The molecular weight excluding hydrogens is 204 g/mol. The van der Waals surface area contributed by atoms with E-state index in [0.29, 0.717) is 19.1 Å². The number of amides is 1. The Morgan fingerprint density at radius 2 is 2.44 bits per heavy atom. The zero-order valence-corrected chi connectivity index (χ0v) is 9.98. The number of hydrogen-bond donors (Lipinski definition) is 2. The van der Waals surface area contributed by atoms with Crippen LogP contribution in [0.3, 0.4) is 0 Å².